The van der Waals surface area contributed by atoms with E-state index in [1.54, 1.807) is 29.3 Å². The SMILES string of the molecule is CC(=O)Nc1cc(C(=O)N2CCOC(c3ccnc(C)n3)C2)ccn1. The van der Waals surface area contributed by atoms with E-state index in [1.807, 2.05) is 6.92 Å². The van der Waals surface area contributed by atoms with Crippen LogP contribution >= 0.6 is 0 Å². The molecule has 8 nitrogen and oxygen atoms in total. The number of pyridine rings is 1. The standard InChI is InChI=1S/C17H19N5O3/c1-11-18-6-4-14(20-11)15-10-22(7-8-25-15)17(24)13-3-5-19-16(9-13)21-12(2)23/h3-6,9,15H,7-8,10H2,1-2H3,(H,19,21,23). The van der Waals surface area contributed by atoms with Crippen LogP contribution in [0.2, 0.25) is 0 Å². The van der Waals surface area contributed by atoms with E-state index in [0.29, 0.717) is 36.9 Å². The van der Waals surface area contributed by atoms with Crippen LogP contribution < -0.4 is 5.32 Å². The van der Waals surface area contributed by atoms with Gasteiger partial charge < -0.3 is 15.0 Å². The number of carbonyl (C=O) groups excluding carboxylic acids is 2. The maximum atomic E-state index is 12.8. The maximum absolute atomic E-state index is 12.8. The molecule has 25 heavy (non-hydrogen) atoms. The Morgan fingerprint density at radius 3 is 2.84 bits per heavy atom. The Hall–Kier alpha value is -2.87. The molecule has 1 atom stereocenters. The first-order chi connectivity index (χ1) is 12.0. The van der Waals surface area contributed by atoms with Crippen molar-refractivity contribution in [2.45, 2.75) is 20.0 Å². The van der Waals surface area contributed by atoms with Gasteiger partial charge in [-0.05, 0) is 25.1 Å². The zero-order valence-electron chi connectivity index (χ0n) is 14.1. The van der Waals surface area contributed by atoms with Crippen LogP contribution in [0.25, 0.3) is 0 Å². The van der Waals surface area contributed by atoms with Crippen molar-refractivity contribution in [1.82, 2.24) is 19.9 Å². The molecular formula is C17H19N5O3. The zero-order chi connectivity index (χ0) is 17.8. The van der Waals surface area contributed by atoms with Gasteiger partial charge in [0.2, 0.25) is 5.91 Å². The average Bonchev–Trinajstić information content (AvgIpc) is 2.61. The van der Waals surface area contributed by atoms with Crippen LogP contribution in [0.5, 0.6) is 0 Å². The van der Waals surface area contributed by atoms with E-state index < -0.39 is 0 Å². The fourth-order valence-corrected chi connectivity index (χ4v) is 2.66. The van der Waals surface area contributed by atoms with Crippen LogP contribution in [0.4, 0.5) is 5.82 Å². The second-order valence-electron chi connectivity index (χ2n) is 5.75. The van der Waals surface area contributed by atoms with Gasteiger partial charge in [-0.3, -0.25) is 9.59 Å². The minimum absolute atomic E-state index is 0.131. The molecule has 1 N–H and O–H groups in total. The molecule has 0 radical (unpaired) electrons. The highest BCUT2D eigenvalue weighted by Crippen LogP contribution is 2.22. The lowest BCUT2D eigenvalue weighted by atomic mass is 10.1. The van der Waals surface area contributed by atoms with Gasteiger partial charge in [-0.1, -0.05) is 0 Å². The summed E-state index contributed by atoms with van der Waals surface area (Å²) in [4.78, 5) is 38.1. The molecule has 0 bridgehead atoms. The van der Waals surface area contributed by atoms with Gasteiger partial charge in [-0.2, -0.15) is 0 Å². The van der Waals surface area contributed by atoms with Crippen LogP contribution in [-0.4, -0.2) is 51.4 Å². The summed E-state index contributed by atoms with van der Waals surface area (Å²) in [5.41, 5.74) is 1.23. The summed E-state index contributed by atoms with van der Waals surface area (Å²) in [7, 11) is 0. The third-order valence-corrected chi connectivity index (χ3v) is 3.79. The Kier molecular flexibility index (Phi) is 4.99. The number of morpholine rings is 1. The Morgan fingerprint density at radius 2 is 2.08 bits per heavy atom. The first-order valence-electron chi connectivity index (χ1n) is 7.97. The molecule has 0 saturated carbocycles. The zero-order valence-corrected chi connectivity index (χ0v) is 14.1. The quantitative estimate of drug-likeness (QED) is 0.905. The molecule has 1 saturated heterocycles. The molecule has 0 spiro atoms. The van der Waals surface area contributed by atoms with E-state index >= 15 is 0 Å². The minimum atomic E-state index is -0.281. The van der Waals surface area contributed by atoms with Gasteiger partial charge in [0, 0.05) is 31.4 Å². The van der Waals surface area contributed by atoms with E-state index in [2.05, 4.69) is 20.3 Å². The molecular weight excluding hydrogens is 322 g/mol. The molecule has 0 aromatic carbocycles. The van der Waals surface area contributed by atoms with E-state index in [4.69, 9.17) is 4.74 Å². The summed E-state index contributed by atoms with van der Waals surface area (Å²) in [6, 6.07) is 5.00. The highest BCUT2D eigenvalue weighted by atomic mass is 16.5. The van der Waals surface area contributed by atoms with Crippen molar-refractivity contribution >= 4 is 17.6 Å². The number of anilines is 1. The normalized spacial score (nSPS) is 17.2. The molecule has 1 fully saturated rings. The summed E-state index contributed by atoms with van der Waals surface area (Å²) >= 11 is 0. The molecule has 1 aliphatic heterocycles. The van der Waals surface area contributed by atoms with E-state index in [0.717, 1.165) is 5.69 Å². The number of nitrogens with zero attached hydrogens (tertiary/aromatic N) is 4. The molecule has 3 heterocycles. The number of hydrogen-bond acceptors (Lipinski definition) is 6. The van der Waals surface area contributed by atoms with Gasteiger partial charge in [-0.15, -0.1) is 0 Å². The average molecular weight is 341 g/mol. The van der Waals surface area contributed by atoms with Crippen molar-refractivity contribution in [2.24, 2.45) is 0 Å². The number of ether oxygens (including phenoxy) is 1. The van der Waals surface area contributed by atoms with E-state index in [-0.39, 0.29) is 17.9 Å². The number of carbonyl (C=O) groups is 2. The molecule has 2 aromatic rings. The third-order valence-electron chi connectivity index (χ3n) is 3.79. The lowest BCUT2D eigenvalue weighted by Gasteiger charge is -2.32. The topological polar surface area (TPSA) is 97.3 Å². The molecule has 0 aliphatic carbocycles. The molecule has 1 unspecified atom stereocenters. The van der Waals surface area contributed by atoms with Gasteiger partial charge in [0.1, 0.15) is 17.7 Å². The summed E-state index contributed by atoms with van der Waals surface area (Å²) in [6.45, 7) is 4.55. The fourth-order valence-electron chi connectivity index (χ4n) is 2.66. The van der Waals surface area contributed by atoms with Crippen molar-refractivity contribution in [2.75, 3.05) is 25.0 Å². The molecule has 8 heteroatoms. The molecule has 2 amide bonds. The number of hydrogen-bond donors (Lipinski definition) is 1. The Morgan fingerprint density at radius 1 is 1.28 bits per heavy atom. The van der Waals surface area contributed by atoms with Crippen molar-refractivity contribution in [3.63, 3.8) is 0 Å². The third kappa shape index (κ3) is 4.16. The monoisotopic (exact) mass is 341 g/mol. The van der Waals surface area contributed by atoms with Crippen LogP contribution in [0, 0.1) is 6.92 Å². The number of nitrogens with one attached hydrogen (secondary N) is 1. The lowest BCUT2D eigenvalue weighted by Crippen LogP contribution is -2.42. The number of amides is 2. The van der Waals surface area contributed by atoms with Crippen molar-refractivity contribution in [3.8, 4) is 0 Å². The van der Waals surface area contributed by atoms with Gasteiger partial charge in [0.05, 0.1) is 18.8 Å². The largest absolute Gasteiger partial charge is 0.368 e. The predicted molar refractivity (Wildman–Crippen MR) is 89.9 cm³/mol. The summed E-state index contributed by atoms with van der Waals surface area (Å²) < 4.78 is 5.76. The van der Waals surface area contributed by atoms with Crippen LogP contribution in [0.3, 0.4) is 0 Å². The first-order valence-corrected chi connectivity index (χ1v) is 7.97. The maximum Gasteiger partial charge on any atom is 0.254 e. The molecule has 3 rings (SSSR count). The van der Waals surface area contributed by atoms with Crippen molar-refractivity contribution < 1.29 is 14.3 Å². The van der Waals surface area contributed by atoms with Gasteiger partial charge in [0.15, 0.2) is 0 Å². The Labute approximate surface area is 145 Å². The van der Waals surface area contributed by atoms with Gasteiger partial charge in [-0.25, -0.2) is 15.0 Å². The second-order valence-corrected chi connectivity index (χ2v) is 5.75. The Bertz CT molecular complexity index is 795. The highest BCUT2D eigenvalue weighted by Gasteiger charge is 2.27. The summed E-state index contributed by atoms with van der Waals surface area (Å²) in [6.07, 6.45) is 2.91. The summed E-state index contributed by atoms with van der Waals surface area (Å²) in [5, 5.41) is 2.58. The van der Waals surface area contributed by atoms with Crippen LogP contribution in [0.15, 0.2) is 30.6 Å². The molecule has 130 valence electrons. The number of aromatic nitrogens is 3. The van der Waals surface area contributed by atoms with Crippen molar-refractivity contribution in [1.29, 1.82) is 0 Å². The lowest BCUT2D eigenvalue weighted by molar-refractivity contribution is -0.114. The van der Waals surface area contributed by atoms with Gasteiger partial charge in [0.25, 0.3) is 5.91 Å². The van der Waals surface area contributed by atoms with E-state index in [9.17, 15) is 9.59 Å². The smallest absolute Gasteiger partial charge is 0.254 e. The van der Waals surface area contributed by atoms with Crippen LogP contribution in [-0.2, 0) is 9.53 Å². The molecule has 1 aliphatic rings. The molecule has 2 aromatic heterocycles. The predicted octanol–water partition coefficient (Wildman–Crippen LogP) is 1.35. The van der Waals surface area contributed by atoms with Gasteiger partial charge >= 0.3 is 0 Å². The minimum Gasteiger partial charge on any atom is -0.368 e. The highest BCUT2D eigenvalue weighted by molar-refractivity contribution is 5.96. The first kappa shape index (κ1) is 17.0. The van der Waals surface area contributed by atoms with E-state index in [1.165, 1.54) is 13.1 Å². The second kappa shape index (κ2) is 7.35. The number of aryl methyl sites for hydroxylation is 1. The fraction of sp³-hybridized carbons (Fsp3) is 0.353. The van der Waals surface area contributed by atoms with Crippen molar-refractivity contribution in [3.05, 3.63) is 47.7 Å². The van der Waals surface area contributed by atoms with Crippen LogP contribution in [0.1, 0.15) is 34.9 Å². The summed E-state index contributed by atoms with van der Waals surface area (Å²) in [5.74, 6) is 0.656. The Balaban J connectivity index is 1.75. The number of rotatable bonds is 3.